The van der Waals surface area contributed by atoms with Crippen LogP contribution in [0.1, 0.15) is 26.7 Å². The molecule has 0 heterocycles. The number of hydrogen-bond donors (Lipinski definition) is 0. The van der Waals surface area contributed by atoms with E-state index in [0.29, 0.717) is 5.50 Å². The third-order valence-electron chi connectivity index (χ3n) is 1.74. The molecule has 0 aliphatic rings. The van der Waals surface area contributed by atoms with E-state index in [-0.39, 0.29) is 0 Å². The summed E-state index contributed by atoms with van der Waals surface area (Å²) in [5.41, 5.74) is 0.703. The smallest absolute Gasteiger partial charge is 0.201 e. The van der Waals surface area contributed by atoms with Gasteiger partial charge in [0, 0.05) is 12.1 Å². The molecule has 1 nitrogen and oxygen atoms in total. The topological polar surface area (TPSA) is 9.23 Å². The maximum absolute atomic E-state index is 5.77. The molecule has 0 bridgehead atoms. The minimum atomic E-state index is -1.48. The van der Waals surface area contributed by atoms with Crippen LogP contribution in [0.15, 0.2) is 0 Å². The minimum Gasteiger partial charge on any atom is -0.416 e. The molecule has 0 radical (unpaired) electrons. The highest BCUT2D eigenvalue weighted by Crippen LogP contribution is 2.09. The van der Waals surface area contributed by atoms with Gasteiger partial charge in [-0.05, 0) is 31.9 Å². The lowest BCUT2D eigenvalue weighted by atomic mass is 10.1. The van der Waals surface area contributed by atoms with Crippen LogP contribution in [0.25, 0.3) is 0 Å². The zero-order valence-electron chi connectivity index (χ0n) is 8.69. The van der Waals surface area contributed by atoms with Gasteiger partial charge in [0.05, 0.1) is 0 Å². The summed E-state index contributed by atoms with van der Waals surface area (Å²) in [7, 11) is -1.48. The summed E-state index contributed by atoms with van der Waals surface area (Å²) >= 11 is 5.77. The summed E-state index contributed by atoms with van der Waals surface area (Å²) < 4.78 is 5.74. The van der Waals surface area contributed by atoms with Crippen LogP contribution >= 0.6 is 11.6 Å². The van der Waals surface area contributed by atoms with E-state index in [1.165, 1.54) is 12.8 Å². The van der Waals surface area contributed by atoms with Crippen LogP contribution in [0, 0.1) is 5.92 Å². The second-order valence-corrected chi connectivity index (χ2v) is 9.15. The van der Waals surface area contributed by atoms with Crippen molar-refractivity contribution in [3.63, 3.8) is 0 Å². The van der Waals surface area contributed by atoms with Crippen molar-refractivity contribution in [1.29, 1.82) is 0 Å². The maximum Gasteiger partial charge on any atom is 0.201 e. The standard InChI is InChI=1S/C9H21ClOSi/c1-9(2)6-5-7-11-12(3,4)8-10/h9H,5-8H2,1-4H3. The predicted molar refractivity (Wildman–Crippen MR) is 58.2 cm³/mol. The Balaban J connectivity index is 3.31. The molecule has 0 aromatic heterocycles. The van der Waals surface area contributed by atoms with Gasteiger partial charge >= 0.3 is 0 Å². The molecule has 0 aromatic carbocycles. The molecular weight excluding hydrogens is 188 g/mol. The first-order valence-electron chi connectivity index (χ1n) is 4.68. The van der Waals surface area contributed by atoms with Crippen molar-refractivity contribution in [1.82, 2.24) is 0 Å². The zero-order chi connectivity index (χ0) is 9.61. The van der Waals surface area contributed by atoms with Crippen LogP contribution in [0.5, 0.6) is 0 Å². The first-order chi connectivity index (χ1) is 5.48. The van der Waals surface area contributed by atoms with Gasteiger partial charge in [-0.25, -0.2) is 0 Å². The first-order valence-corrected chi connectivity index (χ1v) is 8.33. The van der Waals surface area contributed by atoms with Gasteiger partial charge in [-0.1, -0.05) is 13.8 Å². The lowest BCUT2D eigenvalue weighted by Gasteiger charge is -2.19. The Morgan fingerprint density at radius 2 is 1.92 bits per heavy atom. The van der Waals surface area contributed by atoms with E-state index >= 15 is 0 Å². The van der Waals surface area contributed by atoms with Crippen molar-refractivity contribution in [3.8, 4) is 0 Å². The summed E-state index contributed by atoms with van der Waals surface area (Å²) in [5.74, 6) is 0.786. The Labute approximate surface area is 82.6 Å². The third kappa shape index (κ3) is 7.13. The lowest BCUT2D eigenvalue weighted by molar-refractivity contribution is 0.291. The van der Waals surface area contributed by atoms with Crippen LogP contribution in [0.4, 0.5) is 0 Å². The van der Waals surface area contributed by atoms with Gasteiger partial charge in [0.1, 0.15) is 0 Å². The number of halogens is 1. The van der Waals surface area contributed by atoms with Crippen molar-refractivity contribution in [2.45, 2.75) is 39.8 Å². The summed E-state index contributed by atoms with van der Waals surface area (Å²) in [6, 6.07) is 0. The van der Waals surface area contributed by atoms with Crippen molar-refractivity contribution in [3.05, 3.63) is 0 Å². The quantitative estimate of drug-likeness (QED) is 0.369. The van der Waals surface area contributed by atoms with Crippen molar-refractivity contribution in [2.24, 2.45) is 5.92 Å². The van der Waals surface area contributed by atoms with E-state index in [9.17, 15) is 0 Å². The molecule has 0 aliphatic heterocycles. The summed E-state index contributed by atoms with van der Waals surface area (Å²) in [4.78, 5) is 0. The van der Waals surface area contributed by atoms with E-state index in [0.717, 1.165) is 12.5 Å². The van der Waals surface area contributed by atoms with Crippen LogP contribution in [-0.4, -0.2) is 20.4 Å². The number of hydrogen-bond acceptors (Lipinski definition) is 1. The fourth-order valence-electron chi connectivity index (χ4n) is 0.879. The van der Waals surface area contributed by atoms with Crippen LogP contribution in [-0.2, 0) is 4.43 Å². The van der Waals surface area contributed by atoms with E-state index in [1.807, 2.05) is 0 Å². The molecule has 0 unspecified atom stereocenters. The molecule has 3 heteroatoms. The molecule has 0 aliphatic carbocycles. The average Bonchev–Trinajstić information content (AvgIpc) is 1.98. The predicted octanol–water partition coefficient (Wildman–Crippen LogP) is 3.42. The Hall–Kier alpha value is 0.467. The second-order valence-electron chi connectivity index (χ2n) is 4.28. The fraction of sp³-hybridized carbons (Fsp3) is 1.00. The second kappa shape index (κ2) is 6.00. The fourth-order valence-corrected chi connectivity index (χ4v) is 1.88. The molecule has 0 spiro atoms. The van der Waals surface area contributed by atoms with Gasteiger partial charge in [0.25, 0.3) is 0 Å². The van der Waals surface area contributed by atoms with Gasteiger partial charge < -0.3 is 4.43 Å². The highest BCUT2D eigenvalue weighted by molar-refractivity contribution is 6.77. The molecule has 0 saturated carbocycles. The SMILES string of the molecule is CC(C)CCCO[Si](C)(C)CCl. The Morgan fingerprint density at radius 1 is 1.33 bits per heavy atom. The molecule has 0 aromatic rings. The lowest BCUT2D eigenvalue weighted by Crippen LogP contribution is -2.33. The van der Waals surface area contributed by atoms with E-state index in [4.69, 9.17) is 16.0 Å². The zero-order valence-corrected chi connectivity index (χ0v) is 10.4. The molecule has 12 heavy (non-hydrogen) atoms. The number of rotatable bonds is 6. The van der Waals surface area contributed by atoms with E-state index in [1.54, 1.807) is 0 Å². The van der Waals surface area contributed by atoms with Gasteiger partial charge in [-0.15, -0.1) is 11.6 Å². The molecule has 0 saturated heterocycles. The Morgan fingerprint density at radius 3 is 2.33 bits per heavy atom. The molecule has 0 N–H and O–H groups in total. The maximum atomic E-state index is 5.77. The van der Waals surface area contributed by atoms with E-state index < -0.39 is 8.32 Å². The Bertz CT molecular complexity index is 115. The van der Waals surface area contributed by atoms with Crippen LogP contribution in [0.3, 0.4) is 0 Å². The van der Waals surface area contributed by atoms with Gasteiger partial charge in [0.2, 0.25) is 8.32 Å². The average molecular weight is 209 g/mol. The molecule has 0 rings (SSSR count). The monoisotopic (exact) mass is 208 g/mol. The largest absolute Gasteiger partial charge is 0.416 e. The van der Waals surface area contributed by atoms with Crippen molar-refractivity contribution >= 4 is 19.9 Å². The van der Waals surface area contributed by atoms with Gasteiger partial charge in [-0.2, -0.15) is 0 Å². The normalized spacial score (nSPS) is 12.5. The number of alkyl halides is 1. The Kier molecular flexibility index (Phi) is 6.24. The van der Waals surface area contributed by atoms with Crippen molar-refractivity contribution in [2.75, 3.05) is 12.1 Å². The first kappa shape index (κ1) is 12.5. The molecule has 0 fully saturated rings. The van der Waals surface area contributed by atoms with Crippen LogP contribution < -0.4 is 0 Å². The summed E-state index contributed by atoms with van der Waals surface area (Å²) in [6.07, 6.45) is 2.43. The molecule has 74 valence electrons. The highest BCUT2D eigenvalue weighted by Gasteiger charge is 2.20. The van der Waals surface area contributed by atoms with Gasteiger partial charge in [0.15, 0.2) is 0 Å². The summed E-state index contributed by atoms with van der Waals surface area (Å²) in [6.45, 7) is 9.70. The summed E-state index contributed by atoms with van der Waals surface area (Å²) in [5, 5.41) is 0. The van der Waals surface area contributed by atoms with Gasteiger partial charge in [-0.3, -0.25) is 0 Å². The minimum absolute atomic E-state index is 0.703. The molecular formula is C9H21ClOSi. The molecule has 0 atom stereocenters. The molecule has 0 amide bonds. The highest BCUT2D eigenvalue weighted by atomic mass is 35.5. The third-order valence-corrected chi connectivity index (χ3v) is 5.30. The van der Waals surface area contributed by atoms with Crippen LogP contribution in [0.2, 0.25) is 13.1 Å². The van der Waals surface area contributed by atoms with Crippen molar-refractivity contribution < 1.29 is 4.43 Å². The van der Waals surface area contributed by atoms with E-state index in [2.05, 4.69) is 26.9 Å².